The molecule has 0 aliphatic heterocycles. The molecule has 1 aliphatic rings. The Morgan fingerprint density at radius 2 is 1.86 bits per heavy atom. The van der Waals surface area contributed by atoms with Crippen molar-refractivity contribution in [2.75, 3.05) is 17.7 Å². The van der Waals surface area contributed by atoms with E-state index < -0.39 is 11.7 Å². The van der Waals surface area contributed by atoms with Crippen molar-refractivity contribution in [2.24, 2.45) is 5.92 Å². The van der Waals surface area contributed by atoms with Crippen molar-refractivity contribution in [1.82, 2.24) is 4.98 Å². The van der Waals surface area contributed by atoms with E-state index in [1.807, 2.05) is 0 Å². The molecule has 1 aromatic heterocycles. The first kappa shape index (κ1) is 15.9. The first-order chi connectivity index (χ1) is 9.94. The van der Waals surface area contributed by atoms with E-state index >= 15 is 0 Å². The summed E-state index contributed by atoms with van der Waals surface area (Å²) in [5.41, 5.74) is -0.673. The zero-order valence-electron chi connectivity index (χ0n) is 12.4. The van der Waals surface area contributed by atoms with Crippen molar-refractivity contribution in [1.29, 1.82) is 0 Å². The fourth-order valence-electron chi connectivity index (χ4n) is 2.97. The van der Waals surface area contributed by atoms with Gasteiger partial charge in [-0.05, 0) is 30.9 Å². The molecule has 6 heteroatoms. The fraction of sp³-hybridized carbons (Fsp3) is 0.667. The van der Waals surface area contributed by atoms with Gasteiger partial charge in [0.2, 0.25) is 0 Å². The molecule has 0 aromatic carbocycles. The number of pyridine rings is 1. The average molecular weight is 301 g/mol. The van der Waals surface area contributed by atoms with Gasteiger partial charge < -0.3 is 10.6 Å². The first-order valence-corrected chi connectivity index (χ1v) is 7.47. The molecule has 1 aliphatic carbocycles. The number of hydrogen-bond acceptors (Lipinski definition) is 3. The molecule has 2 N–H and O–H groups in total. The van der Waals surface area contributed by atoms with Crippen LogP contribution in [0.1, 0.15) is 44.6 Å². The van der Waals surface area contributed by atoms with Gasteiger partial charge in [-0.1, -0.05) is 26.2 Å². The number of halogens is 3. The predicted molar refractivity (Wildman–Crippen MR) is 78.4 cm³/mol. The monoisotopic (exact) mass is 301 g/mol. The smallest absolute Gasteiger partial charge is 0.373 e. The van der Waals surface area contributed by atoms with Crippen LogP contribution < -0.4 is 10.6 Å². The summed E-state index contributed by atoms with van der Waals surface area (Å²) in [6.07, 6.45) is 1.12. The Kier molecular flexibility index (Phi) is 4.96. The summed E-state index contributed by atoms with van der Waals surface area (Å²) in [6.45, 7) is 2.13. The van der Waals surface area contributed by atoms with Crippen LogP contribution in [0.2, 0.25) is 0 Å². The normalized spacial score (nSPS) is 22.9. The van der Waals surface area contributed by atoms with E-state index in [2.05, 4.69) is 22.5 Å². The molecule has 1 fully saturated rings. The van der Waals surface area contributed by atoms with Crippen molar-refractivity contribution < 1.29 is 13.2 Å². The summed E-state index contributed by atoms with van der Waals surface area (Å²) >= 11 is 0. The minimum atomic E-state index is -4.36. The highest BCUT2D eigenvalue weighted by Crippen LogP contribution is 2.34. The van der Waals surface area contributed by atoms with Crippen LogP contribution in [0.4, 0.5) is 24.8 Å². The van der Waals surface area contributed by atoms with E-state index in [-0.39, 0.29) is 11.9 Å². The quantitative estimate of drug-likeness (QED) is 0.858. The van der Waals surface area contributed by atoms with Crippen LogP contribution >= 0.6 is 0 Å². The number of rotatable bonds is 4. The number of alkyl halides is 3. The third kappa shape index (κ3) is 4.02. The molecule has 118 valence electrons. The summed E-state index contributed by atoms with van der Waals surface area (Å²) in [7, 11) is 1.57. The van der Waals surface area contributed by atoms with Gasteiger partial charge in [0.15, 0.2) is 0 Å². The van der Waals surface area contributed by atoms with Gasteiger partial charge in [-0.2, -0.15) is 13.2 Å². The largest absolute Gasteiger partial charge is 0.416 e. The standard InChI is InChI=1S/C15H22F3N3/c1-3-10-6-4-5-7-12(10)20-14-9-11(15(16,17)18)8-13(19-2)21-14/h8-10,12H,3-7H2,1-2H3,(H2,19,20,21). The van der Waals surface area contributed by atoms with Crippen LogP contribution in [0, 0.1) is 5.92 Å². The Hall–Kier alpha value is -1.46. The Morgan fingerprint density at radius 3 is 2.48 bits per heavy atom. The van der Waals surface area contributed by atoms with Crippen molar-refractivity contribution in [3.8, 4) is 0 Å². The van der Waals surface area contributed by atoms with Crippen LogP contribution in [-0.2, 0) is 6.18 Å². The van der Waals surface area contributed by atoms with E-state index in [1.165, 1.54) is 6.42 Å². The summed E-state index contributed by atoms with van der Waals surface area (Å²) in [5.74, 6) is 1.05. The lowest BCUT2D eigenvalue weighted by Gasteiger charge is -2.32. The van der Waals surface area contributed by atoms with Gasteiger partial charge in [-0.3, -0.25) is 0 Å². The van der Waals surface area contributed by atoms with Crippen molar-refractivity contribution in [3.63, 3.8) is 0 Å². The zero-order valence-corrected chi connectivity index (χ0v) is 12.4. The van der Waals surface area contributed by atoms with Crippen LogP contribution in [0.25, 0.3) is 0 Å². The van der Waals surface area contributed by atoms with Crippen LogP contribution in [0.3, 0.4) is 0 Å². The van der Waals surface area contributed by atoms with E-state index in [4.69, 9.17) is 0 Å². The summed E-state index contributed by atoms with van der Waals surface area (Å²) < 4.78 is 38.8. The van der Waals surface area contributed by atoms with Crippen molar-refractivity contribution in [3.05, 3.63) is 17.7 Å². The van der Waals surface area contributed by atoms with E-state index in [1.54, 1.807) is 7.05 Å². The van der Waals surface area contributed by atoms with Gasteiger partial charge in [0.1, 0.15) is 11.6 Å². The third-order valence-electron chi connectivity index (χ3n) is 4.18. The molecule has 0 radical (unpaired) electrons. The lowest BCUT2D eigenvalue weighted by atomic mass is 9.83. The molecule has 1 heterocycles. The molecule has 0 spiro atoms. The van der Waals surface area contributed by atoms with Gasteiger partial charge in [0, 0.05) is 13.1 Å². The molecular formula is C15H22F3N3. The Balaban J connectivity index is 2.22. The van der Waals surface area contributed by atoms with E-state index in [9.17, 15) is 13.2 Å². The lowest BCUT2D eigenvalue weighted by molar-refractivity contribution is -0.137. The predicted octanol–water partition coefficient (Wildman–Crippen LogP) is 4.52. The molecule has 1 aromatic rings. The van der Waals surface area contributed by atoms with Gasteiger partial charge >= 0.3 is 6.18 Å². The minimum Gasteiger partial charge on any atom is -0.373 e. The molecular weight excluding hydrogens is 279 g/mol. The summed E-state index contributed by atoms with van der Waals surface area (Å²) in [4.78, 5) is 4.21. The molecule has 0 amide bonds. The average Bonchev–Trinajstić information content (AvgIpc) is 2.46. The van der Waals surface area contributed by atoms with Gasteiger partial charge in [0.05, 0.1) is 5.56 Å². The highest BCUT2D eigenvalue weighted by atomic mass is 19.4. The highest BCUT2D eigenvalue weighted by molar-refractivity contribution is 5.50. The molecule has 3 nitrogen and oxygen atoms in total. The number of nitrogens with zero attached hydrogens (tertiary/aromatic N) is 1. The molecule has 2 rings (SSSR count). The molecule has 0 saturated heterocycles. The minimum absolute atomic E-state index is 0.212. The van der Waals surface area contributed by atoms with Crippen LogP contribution in [0.5, 0.6) is 0 Å². The van der Waals surface area contributed by atoms with Crippen molar-refractivity contribution in [2.45, 2.75) is 51.2 Å². The van der Waals surface area contributed by atoms with Crippen LogP contribution in [-0.4, -0.2) is 18.1 Å². The Bertz CT molecular complexity index is 474. The molecule has 2 unspecified atom stereocenters. The number of aromatic nitrogens is 1. The third-order valence-corrected chi connectivity index (χ3v) is 4.18. The van der Waals surface area contributed by atoms with E-state index in [0.717, 1.165) is 37.8 Å². The lowest BCUT2D eigenvalue weighted by Crippen LogP contribution is -2.32. The molecule has 0 bridgehead atoms. The topological polar surface area (TPSA) is 37.0 Å². The van der Waals surface area contributed by atoms with Crippen molar-refractivity contribution >= 4 is 11.6 Å². The maximum Gasteiger partial charge on any atom is 0.416 e. The van der Waals surface area contributed by atoms with E-state index in [0.29, 0.717) is 11.7 Å². The Labute approximate surface area is 123 Å². The molecule has 21 heavy (non-hydrogen) atoms. The fourth-order valence-corrected chi connectivity index (χ4v) is 2.97. The molecule has 2 atom stereocenters. The van der Waals surface area contributed by atoms with Gasteiger partial charge in [-0.25, -0.2) is 4.98 Å². The van der Waals surface area contributed by atoms with Crippen LogP contribution in [0.15, 0.2) is 12.1 Å². The second-order valence-corrected chi connectivity index (χ2v) is 5.58. The number of hydrogen-bond donors (Lipinski definition) is 2. The number of anilines is 2. The summed E-state index contributed by atoms with van der Waals surface area (Å²) in [6, 6.07) is 2.34. The summed E-state index contributed by atoms with van der Waals surface area (Å²) in [5, 5.41) is 5.91. The SMILES string of the molecule is CCC1CCCCC1Nc1cc(C(F)(F)F)cc(NC)n1. The van der Waals surface area contributed by atoms with Gasteiger partial charge in [-0.15, -0.1) is 0 Å². The zero-order chi connectivity index (χ0) is 15.5. The molecule has 1 saturated carbocycles. The second-order valence-electron chi connectivity index (χ2n) is 5.58. The Morgan fingerprint density at radius 1 is 1.19 bits per heavy atom. The first-order valence-electron chi connectivity index (χ1n) is 7.47. The maximum atomic E-state index is 12.9. The second kappa shape index (κ2) is 6.54. The maximum absolute atomic E-state index is 12.9. The number of nitrogens with one attached hydrogen (secondary N) is 2. The highest BCUT2D eigenvalue weighted by Gasteiger charge is 2.32. The van der Waals surface area contributed by atoms with Gasteiger partial charge in [0.25, 0.3) is 0 Å².